The van der Waals surface area contributed by atoms with E-state index >= 15 is 0 Å². The number of ether oxygens (including phenoxy) is 1. The van der Waals surface area contributed by atoms with E-state index in [-0.39, 0.29) is 0 Å². The van der Waals surface area contributed by atoms with E-state index in [2.05, 4.69) is 31.2 Å². The summed E-state index contributed by atoms with van der Waals surface area (Å²) in [5, 5.41) is 2.15. The molecule has 128 valence electrons. The first-order valence-corrected chi connectivity index (χ1v) is 8.80. The normalized spacial score (nSPS) is 12.2. The molecule has 0 bridgehead atoms. The fourth-order valence-electron chi connectivity index (χ4n) is 3.46. The molecule has 0 radical (unpaired) electrons. The molecule has 4 rings (SSSR count). The Morgan fingerprint density at radius 1 is 0.840 bits per heavy atom. The van der Waals surface area contributed by atoms with Gasteiger partial charge < -0.3 is 13.6 Å². The minimum Gasteiger partial charge on any atom is -0.457 e. The first-order chi connectivity index (χ1) is 12.3. The van der Waals surface area contributed by atoms with Gasteiger partial charge in [-0.05, 0) is 37.1 Å². The van der Waals surface area contributed by atoms with Crippen molar-refractivity contribution in [2.75, 3.05) is 7.11 Å². The zero-order valence-corrected chi connectivity index (χ0v) is 14.6. The van der Waals surface area contributed by atoms with Crippen molar-refractivity contribution in [1.82, 2.24) is 0 Å². The van der Waals surface area contributed by atoms with Crippen molar-refractivity contribution in [3.8, 4) is 0 Å². The molecular formula is C22H22O3. The Balaban J connectivity index is 1.91. The monoisotopic (exact) mass is 334 g/mol. The molecule has 0 saturated heterocycles. The summed E-state index contributed by atoms with van der Waals surface area (Å²) in [7, 11) is 1.73. The Bertz CT molecular complexity index is 853. The molecule has 0 aliphatic heterocycles. The topological polar surface area (TPSA) is 35.5 Å². The highest BCUT2D eigenvalue weighted by molar-refractivity contribution is 5.79. The minimum absolute atomic E-state index is 0.714. The van der Waals surface area contributed by atoms with Gasteiger partial charge in [-0.2, -0.15) is 0 Å². The second kappa shape index (κ2) is 6.41. The predicted molar refractivity (Wildman–Crippen MR) is 99.7 cm³/mol. The Hall–Kier alpha value is -2.52. The maximum Gasteiger partial charge on any atom is 0.182 e. The van der Waals surface area contributed by atoms with Crippen LogP contribution in [0.25, 0.3) is 21.9 Å². The number of methoxy groups -OCH3 is 1. The van der Waals surface area contributed by atoms with Gasteiger partial charge in [-0.3, -0.25) is 0 Å². The van der Waals surface area contributed by atoms with Gasteiger partial charge in [-0.25, -0.2) is 0 Å². The van der Waals surface area contributed by atoms with E-state index in [0.717, 1.165) is 52.7 Å². The first-order valence-electron chi connectivity index (χ1n) is 8.80. The average molecular weight is 334 g/mol. The van der Waals surface area contributed by atoms with Gasteiger partial charge in [0.05, 0.1) is 0 Å². The molecular weight excluding hydrogens is 312 g/mol. The summed E-state index contributed by atoms with van der Waals surface area (Å²) in [5.41, 5.74) is 1.02. The van der Waals surface area contributed by atoms with Crippen LogP contribution in [0.3, 0.4) is 0 Å². The third kappa shape index (κ3) is 2.65. The fourth-order valence-corrected chi connectivity index (χ4v) is 3.46. The first kappa shape index (κ1) is 16.0. The lowest BCUT2D eigenvalue weighted by Crippen LogP contribution is -2.29. The van der Waals surface area contributed by atoms with Crippen molar-refractivity contribution in [3.63, 3.8) is 0 Å². The number of fused-ring (bicyclic) bond motifs is 2. The Morgan fingerprint density at radius 3 is 1.80 bits per heavy atom. The van der Waals surface area contributed by atoms with Crippen LogP contribution in [0.5, 0.6) is 0 Å². The second-order valence-electron chi connectivity index (χ2n) is 6.43. The maximum atomic E-state index is 6.19. The lowest BCUT2D eigenvalue weighted by atomic mass is 9.90. The van der Waals surface area contributed by atoms with Crippen LogP contribution >= 0.6 is 0 Å². The molecule has 0 N–H and O–H groups in total. The maximum absolute atomic E-state index is 6.19. The van der Waals surface area contributed by atoms with Gasteiger partial charge in [0.15, 0.2) is 5.60 Å². The van der Waals surface area contributed by atoms with E-state index in [9.17, 15) is 0 Å². The van der Waals surface area contributed by atoms with E-state index in [1.807, 2.05) is 36.4 Å². The Morgan fingerprint density at radius 2 is 1.36 bits per heavy atom. The summed E-state index contributed by atoms with van der Waals surface area (Å²) in [4.78, 5) is 0. The van der Waals surface area contributed by atoms with Crippen molar-refractivity contribution in [3.05, 3.63) is 72.2 Å². The molecule has 0 aliphatic rings. The van der Waals surface area contributed by atoms with E-state index in [0.29, 0.717) is 0 Å². The van der Waals surface area contributed by atoms with Crippen LogP contribution in [0.4, 0.5) is 0 Å². The van der Waals surface area contributed by atoms with E-state index in [1.54, 1.807) is 7.11 Å². The van der Waals surface area contributed by atoms with Gasteiger partial charge in [0.25, 0.3) is 0 Å². The van der Waals surface area contributed by atoms with Gasteiger partial charge in [0.1, 0.15) is 22.7 Å². The van der Waals surface area contributed by atoms with Crippen molar-refractivity contribution in [2.24, 2.45) is 0 Å². The van der Waals surface area contributed by atoms with Crippen molar-refractivity contribution in [1.29, 1.82) is 0 Å². The molecule has 0 unspecified atom stereocenters. The van der Waals surface area contributed by atoms with Crippen molar-refractivity contribution in [2.45, 2.75) is 31.8 Å². The van der Waals surface area contributed by atoms with Gasteiger partial charge in [0, 0.05) is 17.9 Å². The third-order valence-electron chi connectivity index (χ3n) is 4.88. The number of unbranched alkanes of at least 4 members (excludes halogenated alkanes) is 1. The molecule has 0 spiro atoms. The molecule has 2 heterocycles. The summed E-state index contributed by atoms with van der Waals surface area (Å²) in [5.74, 6) is 1.59. The molecule has 0 aliphatic carbocycles. The molecule has 0 amide bonds. The van der Waals surface area contributed by atoms with Crippen LogP contribution in [0.2, 0.25) is 0 Å². The van der Waals surface area contributed by atoms with Crippen LogP contribution in [0.15, 0.2) is 69.5 Å². The number of rotatable bonds is 6. The number of hydrogen-bond donors (Lipinski definition) is 0. The molecule has 3 heteroatoms. The molecule has 3 nitrogen and oxygen atoms in total. The summed E-state index contributed by atoms with van der Waals surface area (Å²) in [6, 6.07) is 20.2. The molecule has 4 aromatic rings. The molecule has 2 aromatic heterocycles. The zero-order chi connectivity index (χ0) is 17.3. The lowest BCUT2D eigenvalue weighted by Gasteiger charge is -2.28. The SMILES string of the molecule is CCCCC(OC)(c1cc2ccccc2o1)c1cc2ccccc2o1. The van der Waals surface area contributed by atoms with Crippen LogP contribution in [0.1, 0.15) is 37.7 Å². The van der Waals surface area contributed by atoms with Crippen LogP contribution in [-0.4, -0.2) is 7.11 Å². The standard InChI is InChI=1S/C22H22O3/c1-3-4-13-22(23-2,20-14-16-9-5-7-11-18(16)24-20)21-15-17-10-6-8-12-19(17)25-21/h5-12,14-15H,3-4,13H2,1-2H3. The molecule has 0 fully saturated rings. The van der Waals surface area contributed by atoms with Crippen LogP contribution in [0, 0.1) is 0 Å². The highest BCUT2D eigenvalue weighted by atomic mass is 16.5. The Kier molecular flexibility index (Phi) is 4.10. The minimum atomic E-state index is -0.714. The number of hydrogen-bond acceptors (Lipinski definition) is 3. The Labute approximate surface area is 147 Å². The van der Waals surface area contributed by atoms with Crippen LogP contribution < -0.4 is 0 Å². The highest BCUT2D eigenvalue weighted by Crippen LogP contribution is 2.42. The van der Waals surface area contributed by atoms with E-state index in [4.69, 9.17) is 13.6 Å². The van der Waals surface area contributed by atoms with Gasteiger partial charge in [0.2, 0.25) is 0 Å². The van der Waals surface area contributed by atoms with Crippen LogP contribution in [-0.2, 0) is 10.3 Å². The fraction of sp³-hybridized carbons (Fsp3) is 0.273. The van der Waals surface area contributed by atoms with Gasteiger partial charge in [-0.1, -0.05) is 49.7 Å². The van der Waals surface area contributed by atoms with E-state index in [1.165, 1.54) is 0 Å². The summed E-state index contributed by atoms with van der Waals surface area (Å²) >= 11 is 0. The lowest BCUT2D eigenvalue weighted by molar-refractivity contribution is -0.0195. The summed E-state index contributed by atoms with van der Waals surface area (Å²) < 4.78 is 18.5. The summed E-state index contributed by atoms with van der Waals surface area (Å²) in [6.07, 6.45) is 2.90. The second-order valence-corrected chi connectivity index (χ2v) is 6.43. The molecule has 2 aromatic carbocycles. The summed E-state index contributed by atoms with van der Waals surface area (Å²) in [6.45, 7) is 2.18. The van der Waals surface area contributed by atoms with Gasteiger partial charge >= 0.3 is 0 Å². The third-order valence-corrected chi connectivity index (χ3v) is 4.88. The quantitative estimate of drug-likeness (QED) is 0.417. The smallest absolute Gasteiger partial charge is 0.182 e. The number of benzene rings is 2. The molecule has 25 heavy (non-hydrogen) atoms. The predicted octanol–water partition coefficient (Wildman–Crippen LogP) is 6.26. The van der Waals surface area contributed by atoms with E-state index < -0.39 is 5.60 Å². The molecule has 0 saturated carbocycles. The number of furan rings is 2. The zero-order valence-electron chi connectivity index (χ0n) is 14.6. The largest absolute Gasteiger partial charge is 0.457 e. The molecule has 0 atom stereocenters. The van der Waals surface area contributed by atoms with Crippen molar-refractivity contribution < 1.29 is 13.6 Å². The number of para-hydroxylation sites is 2. The van der Waals surface area contributed by atoms with Crippen molar-refractivity contribution >= 4 is 21.9 Å². The highest BCUT2D eigenvalue weighted by Gasteiger charge is 2.40. The average Bonchev–Trinajstić information content (AvgIpc) is 3.27. The van der Waals surface area contributed by atoms with Gasteiger partial charge in [-0.15, -0.1) is 0 Å².